The van der Waals surface area contributed by atoms with Gasteiger partial charge in [-0.1, -0.05) is 97.1 Å². The zero-order chi connectivity index (χ0) is 20.6. The van der Waals surface area contributed by atoms with E-state index < -0.39 is 0 Å². The number of benzene rings is 1. The van der Waals surface area contributed by atoms with Gasteiger partial charge in [-0.2, -0.15) is 0 Å². The minimum atomic E-state index is 0.148. The lowest BCUT2D eigenvalue weighted by atomic mass is 9.73. The Bertz CT molecular complexity index is 962. The van der Waals surface area contributed by atoms with Crippen LogP contribution in [0.1, 0.15) is 98.0 Å². The van der Waals surface area contributed by atoms with Gasteiger partial charge in [0.2, 0.25) is 0 Å². The molecule has 0 saturated heterocycles. The highest BCUT2D eigenvalue weighted by Crippen LogP contribution is 2.52. The summed E-state index contributed by atoms with van der Waals surface area (Å²) in [7, 11) is 0. The summed E-state index contributed by atoms with van der Waals surface area (Å²) in [5.41, 5.74) is 8.63. The largest absolute Gasteiger partial charge is 0.0750 e. The van der Waals surface area contributed by atoms with Crippen molar-refractivity contribution in [3.05, 3.63) is 57.0 Å². The van der Waals surface area contributed by atoms with Crippen LogP contribution >= 0.6 is 0 Å². The smallest absolute Gasteiger partial charge is 0.00903 e. The molecule has 3 aliphatic carbocycles. The topological polar surface area (TPSA) is 0 Å². The quantitative estimate of drug-likeness (QED) is 0.441. The normalized spacial score (nSPS) is 21.3. The van der Waals surface area contributed by atoms with Crippen LogP contribution < -0.4 is 10.4 Å². The first-order chi connectivity index (χ1) is 13.8. The highest BCUT2D eigenvalue weighted by atomic mass is 14.4. The summed E-state index contributed by atoms with van der Waals surface area (Å²) in [6, 6.07) is 7.32. The van der Waals surface area contributed by atoms with E-state index in [0.717, 1.165) is 6.42 Å². The van der Waals surface area contributed by atoms with Gasteiger partial charge in [0.15, 0.2) is 0 Å². The van der Waals surface area contributed by atoms with Crippen LogP contribution in [0.3, 0.4) is 0 Å². The number of fused-ring (bicyclic) bond motifs is 3. The number of aryl methyl sites for hydroxylation is 1. The fourth-order valence-electron chi connectivity index (χ4n) is 5.87. The number of hydrogen-bond donors (Lipinski definition) is 0. The first kappa shape index (κ1) is 20.7. The first-order valence-corrected chi connectivity index (χ1v) is 12.1. The third-order valence-electron chi connectivity index (χ3n) is 7.37. The van der Waals surface area contributed by atoms with E-state index in [1.54, 1.807) is 22.3 Å². The van der Waals surface area contributed by atoms with Gasteiger partial charge in [0, 0.05) is 5.41 Å². The molecule has 0 heterocycles. The molecule has 0 spiro atoms. The van der Waals surface area contributed by atoms with Gasteiger partial charge in [0.1, 0.15) is 0 Å². The average molecular weight is 389 g/mol. The summed E-state index contributed by atoms with van der Waals surface area (Å²) < 4.78 is 0. The standard InChI is InChI=1S/C29H40/c1-6-7-8-9-10-11-12-21-13-14-22-20-29(4,5)27-24-15-16-28(2,3)19-23(24)18-26(27)25(22)17-21/h13-14,17,19-20H,6-12,15-16,18H2,1-5H3. The molecule has 0 amide bonds. The van der Waals surface area contributed by atoms with E-state index in [0.29, 0.717) is 5.41 Å². The molecule has 1 aromatic carbocycles. The maximum atomic E-state index is 2.58. The zero-order valence-corrected chi connectivity index (χ0v) is 19.5. The zero-order valence-electron chi connectivity index (χ0n) is 19.5. The number of hydrogen-bond acceptors (Lipinski definition) is 0. The van der Waals surface area contributed by atoms with Crippen LogP contribution in [-0.2, 0) is 6.42 Å². The minimum Gasteiger partial charge on any atom is -0.0750 e. The Balaban J connectivity index is 1.65. The van der Waals surface area contributed by atoms with Crippen LogP contribution in [0.25, 0.3) is 11.6 Å². The lowest BCUT2D eigenvalue weighted by Crippen LogP contribution is -2.36. The van der Waals surface area contributed by atoms with E-state index in [2.05, 4.69) is 65.0 Å². The Morgan fingerprint density at radius 1 is 0.862 bits per heavy atom. The predicted octanol–water partition coefficient (Wildman–Crippen LogP) is 7.01. The molecule has 3 aliphatic rings. The number of rotatable bonds is 7. The van der Waals surface area contributed by atoms with Gasteiger partial charge >= 0.3 is 0 Å². The monoisotopic (exact) mass is 388 g/mol. The molecule has 0 nitrogen and oxygen atoms in total. The summed E-state index contributed by atoms with van der Waals surface area (Å²) in [6.07, 6.45) is 18.3. The van der Waals surface area contributed by atoms with E-state index in [1.165, 1.54) is 73.8 Å². The van der Waals surface area contributed by atoms with Crippen molar-refractivity contribution in [3.63, 3.8) is 0 Å². The van der Waals surface area contributed by atoms with Crippen LogP contribution in [0.2, 0.25) is 0 Å². The molecule has 1 aromatic rings. The maximum absolute atomic E-state index is 2.58. The molecule has 0 aromatic heterocycles. The van der Waals surface area contributed by atoms with Gasteiger partial charge in [0.05, 0.1) is 0 Å². The molecule has 0 aliphatic heterocycles. The fraction of sp³-hybridized carbons (Fsp3) is 0.586. The van der Waals surface area contributed by atoms with Crippen LogP contribution in [-0.4, -0.2) is 0 Å². The lowest BCUT2D eigenvalue weighted by molar-refractivity contribution is 0.420. The Hall–Kier alpha value is -1.56. The molecule has 0 atom stereocenters. The van der Waals surface area contributed by atoms with Crippen molar-refractivity contribution in [2.45, 2.75) is 98.8 Å². The van der Waals surface area contributed by atoms with Gasteiger partial charge in [-0.15, -0.1) is 0 Å². The molecule has 0 radical (unpaired) electrons. The molecule has 0 fully saturated rings. The van der Waals surface area contributed by atoms with Crippen molar-refractivity contribution in [2.24, 2.45) is 10.8 Å². The summed E-state index contributed by atoms with van der Waals surface area (Å²) in [5.74, 6) is 0. The molecule has 0 bridgehead atoms. The van der Waals surface area contributed by atoms with Crippen molar-refractivity contribution in [1.82, 2.24) is 0 Å². The Morgan fingerprint density at radius 3 is 2.41 bits per heavy atom. The lowest BCUT2D eigenvalue weighted by Gasteiger charge is -2.31. The van der Waals surface area contributed by atoms with Gasteiger partial charge in [-0.05, 0) is 75.8 Å². The maximum Gasteiger partial charge on any atom is 0.00903 e. The highest BCUT2D eigenvalue weighted by molar-refractivity contribution is 5.82. The van der Waals surface area contributed by atoms with Gasteiger partial charge < -0.3 is 0 Å². The molecular formula is C29H40. The number of allylic oxidation sites excluding steroid dienone is 4. The third-order valence-corrected chi connectivity index (χ3v) is 7.37. The molecule has 156 valence electrons. The Labute approximate surface area is 178 Å². The third kappa shape index (κ3) is 4.18. The predicted molar refractivity (Wildman–Crippen MR) is 127 cm³/mol. The second-order valence-corrected chi connectivity index (χ2v) is 11.0. The van der Waals surface area contributed by atoms with Crippen molar-refractivity contribution < 1.29 is 0 Å². The molecule has 0 saturated carbocycles. The average Bonchev–Trinajstić information content (AvgIpc) is 3.03. The minimum absolute atomic E-state index is 0.148. The molecule has 0 unspecified atom stereocenters. The Kier molecular flexibility index (Phi) is 5.66. The van der Waals surface area contributed by atoms with Crippen LogP contribution in [0.4, 0.5) is 0 Å². The summed E-state index contributed by atoms with van der Waals surface area (Å²) in [6.45, 7) is 11.9. The van der Waals surface area contributed by atoms with E-state index in [1.807, 2.05) is 0 Å². The van der Waals surface area contributed by atoms with Crippen LogP contribution in [0, 0.1) is 10.8 Å². The molecule has 29 heavy (non-hydrogen) atoms. The Morgan fingerprint density at radius 2 is 1.62 bits per heavy atom. The SMILES string of the molecule is CCCCCCCCc1ccc2c(c1)=C1CC3=CC(C)(C)CCC3=C1C(C)(C)C=2. The number of unbranched alkanes of at least 4 members (excludes halogenated alkanes) is 5. The summed E-state index contributed by atoms with van der Waals surface area (Å²) in [4.78, 5) is 0. The second kappa shape index (κ2) is 7.93. The highest BCUT2D eigenvalue weighted by Gasteiger charge is 2.38. The van der Waals surface area contributed by atoms with Crippen molar-refractivity contribution in [1.29, 1.82) is 0 Å². The van der Waals surface area contributed by atoms with Gasteiger partial charge in [-0.3, -0.25) is 0 Å². The van der Waals surface area contributed by atoms with Crippen LogP contribution in [0.15, 0.2) is 41.0 Å². The second-order valence-electron chi connectivity index (χ2n) is 11.0. The van der Waals surface area contributed by atoms with Gasteiger partial charge in [0.25, 0.3) is 0 Å². The van der Waals surface area contributed by atoms with Crippen LogP contribution in [0.5, 0.6) is 0 Å². The van der Waals surface area contributed by atoms with Crippen molar-refractivity contribution in [3.8, 4) is 0 Å². The molecule has 0 heteroatoms. The van der Waals surface area contributed by atoms with E-state index in [9.17, 15) is 0 Å². The van der Waals surface area contributed by atoms with Gasteiger partial charge in [-0.25, -0.2) is 0 Å². The summed E-state index contributed by atoms with van der Waals surface area (Å²) in [5, 5.41) is 2.99. The molecule has 0 N–H and O–H groups in total. The molecule has 4 rings (SSSR count). The van der Waals surface area contributed by atoms with E-state index in [4.69, 9.17) is 0 Å². The van der Waals surface area contributed by atoms with Crippen molar-refractivity contribution in [2.75, 3.05) is 0 Å². The van der Waals surface area contributed by atoms with E-state index >= 15 is 0 Å². The van der Waals surface area contributed by atoms with E-state index in [-0.39, 0.29) is 5.41 Å². The first-order valence-electron chi connectivity index (χ1n) is 12.1. The summed E-state index contributed by atoms with van der Waals surface area (Å²) >= 11 is 0. The van der Waals surface area contributed by atoms with Crippen molar-refractivity contribution >= 4 is 11.6 Å². The fourth-order valence-corrected chi connectivity index (χ4v) is 5.87. The molecular weight excluding hydrogens is 348 g/mol.